The second-order valence-electron chi connectivity index (χ2n) is 4.96. The van der Waals surface area contributed by atoms with E-state index < -0.39 is 0 Å². The standard InChI is InChI=1S/C12H19N3/c1-15-12(9-2-3-9)11-8(6-7-13)4-5-10(11)14-15/h8-9H,2-7,13H2,1H3. The van der Waals surface area contributed by atoms with Crippen LogP contribution in [0.1, 0.15) is 54.5 Å². The lowest BCUT2D eigenvalue weighted by molar-refractivity contribution is 0.598. The van der Waals surface area contributed by atoms with Gasteiger partial charge in [0.05, 0.1) is 5.69 Å². The van der Waals surface area contributed by atoms with Crippen molar-refractivity contribution in [2.45, 2.75) is 43.9 Å². The van der Waals surface area contributed by atoms with Crippen LogP contribution < -0.4 is 5.73 Å². The van der Waals surface area contributed by atoms with E-state index in [1.165, 1.54) is 37.1 Å². The summed E-state index contributed by atoms with van der Waals surface area (Å²) in [4.78, 5) is 0. The molecule has 15 heavy (non-hydrogen) atoms. The average molecular weight is 205 g/mol. The summed E-state index contributed by atoms with van der Waals surface area (Å²) >= 11 is 0. The third kappa shape index (κ3) is 1.41. The van der Waals surface area contributed by atoms with Crippen molar-refractivity contribution in [3.05, 3.63) is 17.0 Å². The van der Waals surface area contributed by atoms with E-state index >= 15 is 0 Å². The van der Waals surface area contributed by atoms with Gasteiger partial charge < -0.3 is 5.73 Å². The van der Waals surface area contributed by atoms with E-state index in [2.05, 4.69) is 16.8 Å². The quantitative estimate of drug-likeness (QED) is 0.816. The van der Waals surface area contributed by atoms with Crippen LogP contribution in [0.4, 0.5) is 0 Å². The topological polar surface area (TPSA) is 43.8 Å². The zero-order chi connectivity index (χ0) is 10.4. The van der Waals surface area contributed by atoms with Crippen LogP contribution in [0.2, 0.25) is 0 Å². The van der Waals surface area contributed by atoms with Crippen molar-refractivity contribution < 1.29 is 0 Å². The predicted octanol–water partition coefficient (Wildman–Crippen LogP) is 1.68. The van der Waals surface area contributed by atoms with Crippen LogP contribution in [-0.4, -0.2) is 16.3 Å². The molecular weight excluding hydrogens is 186 g/mol. The smallest absolute Gasteiger partial charge is 0.0662 e. The van der Waals surface area contributed by atoms with Gasteiger partial charge in [0.15, 0.2) is 0 Å². The Morgan fingerprint density at radius 3 is 2.87 bits per heavy atom. The molecule has 0 amide bonds. The molecule has 2 N–H and O–H groups in total. The van der Waals surface area contributed by atoms with Crippen LogP contribution in [0.25, 0.3) is 0 Å². The highest BCUT2D eigenvalue weighted by Gasteiger charge is 2.36. The van der Waals surface area contributed by atoms with Crippen LogP contribution in [-0.2, 0) is 13.5 Å². The van der Waals surface area contributed by atoms with Crippen molar-refractivity contribution in [2.75, 3.05) is 6.54 Å². The maximum Gasteiger partial charge on any atom is 0.0662 e. The highest BCUT2D eigenvalue weighted by atomic mass is 15.3. The van der Waals surface area contributed by atoms with Gasteiger partial charge in [-0.3, -0.25) is 4.68 Å². The lowest BCUT2D eigenvalue weighted by atomic mass is 9.96. The molecule has 2 aliphatic carbocycles. The number of hydrogen-bond acceptors (Lipinski definition) is 2. The van der Waals surface area contributed by atoms with Gasteiger partial charge in [-0.2, -0.15) is 5.10 Å². The molecule has 1 atom stereocenters. The number of hydrogen-bond donors (Lipinski definition) is 1. The van der Waals surface area contributed by atoms with Crippen LogP contribution in [0, 0.1) is 0 Å². The summed E-state index contributed by atoms with van der Waals surface area (Å²) in [6.07, 6.45) is 6.30. The Morgan fingerprint density at radius 1 is 1.40 bits per heavy atom. The second kappa shape index (κ2) is 3.34. The average Bonchev–Trinajstić information content (AvgIpc) is 2.89. The first kappa shape index (κ1) is 9.40. The molecular formula is C12H19N3. The molecule has 1 heterocycles. The Bertz CT molecular complexity index is 376. The maximum atomic E-state index is 5.69. The van der Waals surface area contributed by atoms with Gasteiger partial charge in [-0.05, 0) is 50.1 Å². The zero-order valence-electron chi connectivity index (χ0n) is 9.37. The molecule has 3 nitrogen and oxygen atoms in total. The molecule has 1 saturated carbocycles. The number of nitrogens with zero attached hydrogens (tertiary/aromatic N) is 2. The van der Waals surface area contributed by atoms with E-state index in [0.29, 0.717) is 5.92 Å². The van der Waals surface area contributed by atoms with Gasteiger partial charge in [0.2, 0.25) is 0 Å². The molecule has 0 aromatic carbocycles. The summed E-state index contributed by atoms with van der Waals surface area (Å²) in [6.45, 7) is 0.809. The fourth-order valence-corrected chi connectivity index (χ4v) is 3.03. The van der Waals surface area contributed by atoms with Crippen molar-refractivity contribution in [1.82, 2.24) is 9.78 Å². The van der Waals surface area contributed by atoms with Crippen molar-refractivity contribution in [3.63, 3.8) is 0 Å². The number of aromatic nitrogens is 2. The SMILES string of the molecule is Cn1nc2c(c1C1CC1)C(CCN)CC2. The molecule has 3 rings (SSSR count). The molecule has 0 aliphatic heterocycles. The second-order valence-corrected chi connectivity index (χ2v) is 4.96. The van der Waals surface area contributed by atoms with Crippen LogP contribution in [0.15, 0.2) is 0 Å². The van der Waals surface area contributed by atoms with E-state index in [4.69, 9.17) is 5.73 Å². The number of aryl methyl sites for hydroxylation is 2. The predicted molar refractivity (Wildman–Crippen MR) is 59.9 cm³/mol. The molecule has 2 aliphatic rings. The number of nitrogens with two attached hydrogens (primary N) is 1. The minimum Gasteiger partial charge on any atom is -0.330 e. The molecule has 0 bridgehead atoms. The first-order chi connectivity index (χ1) is 7.31. The zero-order valence-corrected chi connectivity index (χ0v) is 9.37. The summed E-state index contributed by atoms with van der Waals surface area (Å²) in [5.41, 5.74) is 10.1. The van der Waals surface area contributed by atoms with Crippen molar-refractivity contribution in [2.24, 2.45) is 12.8 Å². The Balaban J connectivity index is 2.00. The molecule has 82 valence electrons. The first-order valence-electron chi connectivity index (χ1n) is 6.07. The minimum atomic E-state index is 0.703. The van der Waals surface area contributed by atoms with Gasteiger partial charge >= 0.3 is 0 Å². The number of fused-ring (bicyclic) bond motifs is 1. The number of rotatable bonds is 3. The van der Waals surface area contributed by atoms with E-state index in [1.54, 1.807) is 5.56 Å². The third-order valence-electron chi connectivity index (χ3n) is 3.82. The highest BCUT2D eigenvalue weighted by molar-refractivity contribution is 5.38. The molecule has 0 radical (unpaired) electrons. The monoisotopic (exact) mass is 205 g/mol. The van der Waals surface area contributed by atoms with Crippen LogP contribution in [0.5, 0.6) is 0 Å². The Morgan fingerprint density at radius 2 is 2.20 bits per heavy atom. The Hall–Kier alpha value is -0.830. The van der Waals surface area contributed by atoms with Crippen LogP contribution >= 0.6 is 0 Å². The summed E-state index contributed by atoms with van der Waals surface area (Å²) in [5, 5.41) is 4.66. The van der Waals surface area contributed by atoms with Crippen molar-refractivity contribution >= 4 is 0 Å². The van der Waals surface area contributed by atoms with E-state index in [9.17, 15) is 0 Å². The van der Waals surface area contributed by atoms with Gasteiger partial charge in [-0.15, -0.1) is 0 Å². The van der Waals surface area contributed by atoms with Gasteiger partial charge in [0.1, 0.15) is 0 Å². The fraction of sp³-hybridized carbons (Fsp3) is 0.750. The molecule has 3 heteroatoms. The lowest BCUT2D eigenvalue weighted by Gasteiger charge is -2.11. The first-order valence-corrected chi connectivity index (χ1v) is 6.07. The fourth-order valence-electron chi connectivity index (χ4n) is 3.03. The molecule has 0 saturated heterocycles. The summed E-state index contributed by atoms with van der Waals surface area (Å²) < 4.78 is 2.13. The van der Waals surface area contributed by atoms with Crippen molar-refractivity contribution in [1.29, 1.82) is 0 Å². The van der Waals surface area contributed by atoms with Crippen LogP contribution in [0.3, 0.4) is 0 Å². The van der Waals surface area contributed by atoms with E-state index in [0.717, 1.165) is 18.9 Å². The molecule has 1 aromatic rings. The molecule has 1 fully saturated rings. The summed E-state index contributed by atoms with van der Waals surface area (Å²) in [5.74, 6) is 1.51. The van der Waals surface area contributed by atoms with E-state index in [-0.39, 0.29) is 0 Å². The summed E-state index contributed by atoms with van der Waals surface area (Å²) in [7, 11) is 2.10. The third-order valence-corrected chi connectivity index (χ3v) is 3.82. The normalized spacial score (nSPS) is 24.5. The van der Waals surface area contributed by atoms with Crippen molar-refractivity contribution in [3.8, 4) is 0 Å². The molecule has 1 unspecified atom stereocenters. The van der Waals surface area contributed by atoms with E-state index in [1.807, 2.05) is 0 Å². The van der Waals surface area contributed by atoms with Gasteiger partial charge in [-0.25, -0.2) is 0 Å². The maximum absolute atomic E-state index is 5.69. The minimum absolute atomic E-state index is 0.703. The highest BCUT2D eigenvalue weighted by Crippen LogP contribution is 2.47. The van der Waals surface area contributed by atoms with Gasteiger partial charge in [0, 0.05) is 18.7 Å². The molecule has 0 spiro atoms. The lowest BCUT2D eigenvalue weighted by Crippen LogP contribution is -2.07. The Labute approximate surface area is 90.7 Å². The largest absolute Gasteiger partial charge is 0.330 e. The molecule has 1 aromatic heterocycles. The van der Waals surface area contributed by atoms with Gasteiger partial charge in [-0.1, -0.05) is 0 Å². The summed E-state index contributed by atoms with van der Waals surface area (Å²) in [6, 6.07) is 0. The Kier molecular flexibility index (Phi) is 2.09. The van der Waals surface area contributed by atoms with Gasteiger partial charge in [0.25, 0.3) is 0 Å².